The number of quaternary nitrogens is 1. The SMILES string of the molecule is CCCC1O[C@@H]2C[C@H]3[C@@H]4C[C@H](F)C5=CC(=O)C=C[C@]5(C)[C@@]4(F)[C@@H](O)C[C@]3(C)[C@]2(C(=O)COc2ccc(NC(=O)[C@H](CCCNC(N)=O)NC(=O)[C@@H](NC(=O)[C@@H](CCCCNC(=O)COC3CCCCC/C(NCCOCCOCCOCCOCCC(=O)NCC[N+](C)(C)C)=C\3N)NC(=O)CCOCCOCCOCCOCCNC(=O)CCC(=O)N3Cc4ccccc4C#Cc4ccccc43)C(C)C)cc2)O1. The van der Waals surface area contributed by atoms with Crippen molar-refractivity contribution in [3.8, 4) is 17.6 Å². The van der Waals surface area contributed by atoms with Crippen molar-refractivity contribution in [1.29, 1.82) is 0 Å². The predicted molar refractivity (Wildman–Crippen MR) is 527 cm³/mol. The number of allylic oxidation sites excluding steroid dienone is 5. The van der Waals surface area contributed by atoms with Gasteiger partial charge < -0.3 is 131 Å². The average Bonchev–Trinajstić information content (AvgIpc) is 1.53. The fourth-order valence-electron chi connectivity index (χ4n) is 19.6. The van der Waals surface area contributed by atoms with Crippen molar-refractivity contribution in [2.75, 3.05) is 190 Å². The van der Waals surface area contributed by atoms with E-state index in [1.165, 1.54) is 43.3 Å². The van der Waals surface area contributed by atoms with Crippen LogP contribution in [-0.4, -0.2) is 314 Å². The number of nitrogens with two attached hydrogens (primary N) is 2. The lowest BCUT2D eigenvalue weighted by Gasteiger charge is -2.63. The number of amides is 10. The van der Waals surface area contributed by atoms with Crippen LogP contribution >= 0.6 is 0 Å². The molecule has 4 fully saturated rings. The number of aliphatic hydroxyl groups is 1. The van der Waals surface area contributed by atoms with Crippen LogP contribution in [0.3, 0.4) is 0 Å². The first-order chi connectivity index (χ1) is 68.7. The minimum Gasteiger partial charge on any atom is -0.486 e. The second kappa shape index (κ2) is 57.5. The van der Waals surface area contributed by atoms with Gasteiger partial charge in [-0.15, -0.1) is 0 Å². The van der Waals surface area contributed by atoms with Crippen LogP contribution in [0, 0.1) is 40.4 Å². The van der Waals surface area contributed by atoms with E-state index in [0.717, 1.165) is 58.8 Å². The molecule has 2 aliphatic heterocycles. The Morgan fingerprint density at radius 2 is 1.22 bits per heavy atom. The highest BCUT2D eigenvalue weighted by Gasteiger charge is 2.80. The van der Waals surface area contributed by atoms with Gasteiger partial charge >= 0.3 is 6.03 Å². The molecule has 0 aromatic heterocycles. The molecule has 3 saturated carbocycles. The summed E-state index contributed by atoms with van der Waals surface area (Å²) < 4.78 is 106. The van der Waals surface area contributed by atoms with E-state index in [9.17, 15) is 53.1 Å². The Labute approximate surface area is 837 Å². The molecule has 7 aliphatic rings. The molecule has 3 aromatic rings. The molecule has 10 amide bonds. The van der Waals surface area contributed by atoms with Crippen LogP contribution in [0.1, 0.15) is 173 Å². The molecular formula is C104H152F2N13O24+. The van der Waals surface area contributed by atoms with Gasteiger partial charge in [0.05, 0.1) is 176 Å². The number of carbonyl (C=O) groups excluding carboxylic acids is 11. The number of rotatable bonds is 63. The van der Waals surface area contributed by atoms with E-state index in [-0.39, 0.29) is 172 Å². The summed E-state index contributed by atoms with van der Waals surface area (Å²) >= 11 is 0. The number of ether oxygens (including phenoxy) is 12. The largest absolute Gasteiger partial charge is 0.486 e. The monoisotopic (exact) mass is 2010 g/mol. The number of alkyl halides is 2. The summed E-state index contributed by atoms with van der Waals surface area (Å²) in [6.07, 6.45) is 3.64. The van der Waals surface area contributed by atoms with E-state index in [0.29, 0.717) is 129 Å². The van der Waals surface area contributed by atoms with Gasteiger partial charge in [-0.25, -0.2) is 13.6 Å². The molecule has 0 radical (unpaired) electrons. The number of urea groups is 1. The lowest BCUT2D eigenvalue weighted by Crippen LogP contribution is -2.71. The number of ketones is 2. The van der Waals surface area contributed by atoms with Gasteiger partial charge in [0, 0.05) is 91.1 Å². The van der Waals surface area contributed by atoms with Gasteiger partial charge in [0.25, 0.3) is 0 Å². The molecule has 0 bridgehead atoms. The third-order valence-corrected chi connectivity index (χ3v) is 27.3. The summed E-state index contributed by atoms with van der Waals surface area (Å²) in [5.41, 5.74) is 9.82. The number of likely N-dealkylation sites (N-methyl/N-ethyl adjacent to an activating group) is 1. The maximum atomic E-state index is 18.2. The number of nitrogens with one attached hydrogen (secondary N) is 9. The second-order valence-corrected chi connectivity index (χ2v) is 39.0. The number of Topliss-reactive ketones (excluding diaryl/α,β-unsaturated/α-hetero) is 1. The molecule has 2 unspecified atom stereocenters. The topological polar surface area (TPSA) is 482 Å². The Morgan fingerprint density at radius 3 is 1.88 bits per heavy atom. The number of halogens is 2. The Bertz CT molecular complexity index is 4860. The normalized spacial score (nSPS) is 23.7. The molecule has 37 nitrogen and oxygen atoms in total. The van der Waals surface area contributed by atoms with Crippen molar-refractivity contribution in [3.05, 3.63) is 125 Å². The van der Waals surface area contributed by atoms with Crippen molar-refractivity contribution in [2.24, 2.45) is 40.1 Å². The van der Waals surface area contributed by atoms with Crippen molar-refractivity contribution in [2.45, 2.75) is 223 Å². The Kier molecular flexibility index (Phi) is 46.0. The lowest BCUT2D eigenvalue weighted by molar-refractivity contribution is -0.869. The van der Waals surface area contributed by atoms with Gasteiger partial charge in [0.15, 0.2) is 23.3 Å². The number of benzene rings is 3. The third kappa shape index (κ3) is 33.5. The molecule has 143 heavy (non-hydrogen) atoms. The van der Waals surface area contributed by atoms with Gasteiger partial charge in [0.2, 0.25) is 53.0 Å². The summed E-state index contributed by atoms with van der Waals surface area (Å²) in [4.78, 5) is 150. The van der Waals surface area contributed by atoms with Gasteiger partial charge in [-0.2, -0.15) is 0 Å². The number of hydrogen-bond acceptors (Lipinski definition) is 26. The van der Waals surface area contributed by atoms with Gasteiger partial charge in [-0.05, 0) is 162 Å². The number of carbonyl (C=O) groups is 11. The number of hydrogen-bond donors (Lipinski definition) is 12. The first-order valence-electron chi connectivity index (χ1n) is 50.5. The smallest absolute Gasteiger partial charge is 0.312 e. The first-order valence-corrected chi connectivity index (χ1v) is 50.5. The number of aliphatic hydroxyl groups excluding tert-OH is 1. The highest BCUT2D eigenvalue weighted by Crippen LogP contribution is 2.72. The number of primary amides is 1. The summed E-state index contributed by atoms with van der Waals surface area (Å²) in [7, 11) is 6.21. The van der Waals surface area contributed by atoms with Crippen molar-refractivity contribution >= 4 is 76.2 Å². The number of fused-ring (bicyclic) bond motifs is 9. The van der Waals surface area contributed by atoms with E-state index in [2.05, 4.69) is 80.8 Å². The van der Waals surface area contributed by atoms with Crippen LogP contribution in [-0.2, 0) is 107 Å². The second-order valence-electron chi connectivity index (χ2n) is 39.0. The zero-order chi connectivity index (χ0) is 103. The van der Waals surface area contributed by atoms with E-state index in [4.69, 9.17) is 68.3 Å². The minimum absolute atomic E-state index is 0.000478. The van der Waals surface area contributed by atoms with E-state index in [1.54, 1.807) is 25.7 Å². The Balaban J connectivity index is 0.674. The predicted octanol–water partition coefficient (Wildman–Crippen LogP) is 6.32. The third-order valence-electron chi connectivity index (χ3n) is 27.3. The Hall–Kier alpha value is -10.5. The van der Waals surface area contributed by atoms with Crippen molar-refractivity contribution in [3.63, 3.8) is 0 Å². The molecule has 10 rings (SSSR count). The van der Waals surface area contributed by atoms with E-state index in [1.807, 2.05) is 55.5 Å². The van der Waals surface area contributed by atoms with Gasteiger partial charge in [-0.1, -0.05) is 95.2 Å². The molecule has 3 aromatic carbocycles. The molecule has 5 aliphatic carbocycles. The van der Waals surface area contributed by atoms with Gasteiger partial charge in [-0.3, -0.25) is 47.9 Å². The number of anilines is 2. The summed E-state index contributed by atoms with van der Waals surface area (Å²) in [5.74, 6) is -0.426. The highest BCUT2D eigenvalue weighted by atomic mass is 19.1. The molecular weight excluding hydrogens is 1850 g/mol. The maximum absolute atomic E-state index is 18.2. The van der Waals surface area contributed by atoms with Crippen LogP contribution in [0.2, 0.25) is 0 Å². The highest BCUT2D eigenvalue weighted by molar-refractivity contribution is 6.02. The molecule has 2 heterocycles. The fraction of sp³-hybridized carbons (Fsp3) is 0.644. The number of para-hydroxylation sites is 1. The van der Waals surface area contributed by atoms with Crippen LogP contribution in [0.15, 0.2) is 108 Å². The molecule has 790 valence electrons. The molecule has 14 N–H and O–H groups in total. The number of nitrogens with zero attached hydrogens (tertiary/aromatic N) is 2. The minimum atomic E-state index is -2.40. The maximum Gasteiger partial charge on any atom is 0.312 e. The summed E-state index contributed by atoms with van der Waals surface area (Å²) in [6, 6.07) is 16.6. The van der Waals surface area contributed by atoms with Crippen LogP contribution < -0.4 is 69.0 Å². The Morgan fingerprint density at radius 1 is 0.622 bits per heavy atom. The quantitative estimate of drug-likeness (QED) is 0.0167. The van der Waals surface area contributed by atoms with Gasteiger partial charge in [0.1, 0.15) is 43.3 Å². The zero-order valence-electron chi connectivity index (χ0n) is 84.3. The fourth-order valence-corrected chi connectivity index (χ4v) is 19.6. The summed E-state index contributed by atoms with van der Waals surface area (Å²) in [6.45, 7) is 14.9. The molecule has 14 atom stereocenters. The standard InChI is InChI=1S/C104H151F2N13O24/c1-9-20-94-142-88-65-77-78-64-80(105)79-63-75(120)37-40-101(79,4)103(78,106)86(121)66-102(77,5)104(88,143-94)87(122)68-140-76-33-31-74(32-34-76)114-97(128)83(26-19-42-113-100(108)131)116-99(130)96(70(2)3)117-98(129)82(25-17-18-41-110-92(126)69-141-85-28-12-10-11-24-81(95(85)107)109-44-49-134-53-57-138-61-59-136-55-51-132-47-38-90(124)111-43-46-119(6,7)8)115-91(125)39-48-133-52-56-137-60-62-139-58-54-135-50-45-112-89(123)35-36-93(127)118-67-73-23-14-13-21-71(73)29-30-72-22-15-16-27-84(72)118/h13-16,21-23,27,31-34,37,40,63,70,77-78,80,82-83,85-86,88,94,96,109,121H,9-12,17-20,24-26,28,35-36,38-39,41-62,64-69,107H2,1-8H3,(H9-,108,110,111,112,113,114,115,116,117,123,124,125,126,128,129,130,131)/p+1/b95-81-/t77-,78-,80-,82+,83-,85?,86-,88+,94?,96-,101-,102-,103-,104+/m0/s1. The molecule has 0 spiro atoms. The number of unbranched alkanes of at least 4 members (excludes halogenated alkanes) is 1. The van der Waals surface area contributed by atoms with E-state index < -0.39 is 142 Å². The van der Waals surface area contributed by atoms with E-state index >= 15 is 13.6 Å². The zero-order valence-corrected chi connectivity index (χ0v) is 84.3. The van der Waals surface area contributed by atoms with Crippen LogP contribution in [0.5, 0.6) is 5.75 Å². The lowest BCUT2D eigenvalue weighted by atomic mass is 9.44. The van der Waals surface area contributed by atoms with Crippen LogP contribution in [0.25, 0.3) is 0 Å². The van der Waals surface area contributed by atoms with Crippen molar-refractivity contribution in [1.82, 2.24) is 42.5 Å². The average molecular weight is 2010 g/mol. The molecule has 39 heteroatoms. The van der Waals surface area contributed by atoms with Crippen LogP contribution in [0.4, 0.5) is 25.0 Å². The van der Waals surface area contributed by atoms with Crippen molar-refractivity contribution < 1.29 is 128 Å². The summed E-state index contributed by atoms with van der Waals surface area (Å²) in [5, 5.41) is 37.8. The molecule has 1 saturated heterocycles. The first kappa shape index (κ1) is 114.